The van der Waals surface area contributed by atoms with Gasteiger partial charge in [0.1, 0.15) is 11.8 Å². The van der Waals surface area contributed by atoms with Crippen LogP contribution in [-0.4, -0.2) is 46.9 Å². The van der Waals surface area contributed by atoms with Crippen molar-refractivity contribution in [3.63, 3.8) is 0 Å². The molecule has 28 heavy (non-hydrogen) atoms. The number of pyridine rings is 1. The van der Waals surface area contributed by atoms with Crippen LogP contribution in [0.3, 0.4) is 0 Å². The van der Waals surface area contributed by atoms with E-state index in [2.05, 4.69) is 30.4 Å². The van der Waals surface area contributed by atoms with Crippen LogP contribution in [0, 0.1) is 18.8 Å². The molecule has 0 spiro atoms. The fraction of sp³-hybridized carbons (Fsp3) is 0.389. The maximum Gasteiger partial charge on any atom is 0.349 e. The average molecular weight is 377 g/mol. The Morgan fingerprint density at radius 3 is 2.86 bits per heavy atom. The van der Waals surface area contributed by atoms with E-state index in [1.54, 1.807) is 27.0 Å². The molecule has 142 valence electrons. The molecule has 0 bridgehead atoms. The first-order valence-electron chi connectivity index (χ1n) is 9.35. The molecule has 2 fully saturated rings. The van der Waals surface area contributed by atoms with Crippen molar-refractivity contribution < 1.29 is 0 Å². The van der Waals surface area contributed by atoms with Crippen molar-refractivity contribution in [3.05, 3.63) is 40.8 Å². The molecule has 4 aromatic rings. The van der Waals surface area contributed by atoms with Crippen molar-refractivity contribution in [1.29, 1.82) is 0 Å². The van der Waals surface area contributed by atoms with E-state index in [-0.39, 0.29) is 5.69 Å². The zero-order valence-corrected chi connectivity index (χ0v) is 15.6. The Morgan fingerprint density at radius 2 is 2.04 bits per heavy atom. The lowest BCUT2D eigenvalue weighted by molar-refractivity contribution is 0.592. The van der Waals surface area contributed by atoms with Crippen molar-refractivity contribution in [2.45, 2.75) is 13.3 Å². The Hall–Kier alpha value is -3.43. The van der Waals surface area contributed by atoms with Gasteiger partial charge >= 0.3 is 5.69 Å². The lowest BCUT2D eigenvalue weighted by atomic mass is 10.2. The first-order chi connectivity index (χ1) is 13.6. The zero-order valence-electron chi connectivity index (χ0n) is 15.6. The third-order valence-electron chi connectivity index (χ3n) is 5.89. The first-order valence-corrected chi connectivity index (χ1v) is 9.35. The molecular weight excluding hydrogens is 358 g/mol. The normalized spacial score (nSPS) is 20.9. The third-order valence-corrected chi connectivity index (χ3v) is 5.89. The number of nitrogens with zero attached hydrogens (tertiary/aromatic N) is 8. The highest BCUT2D eigenvalue weighted by molar-refractivity contribution is 5.73. The molecule has 4 aromatic heterocycles. The van der Waals surface area contributed by atoms with E-state index in [1.807, 2.05) is 19.2 Å². The van der Waals surface area contributed by atoms with Crippen molar-refractivity contribution in [1.82, 2.24) is 33.8 Å². The molecule has 0 amide bonds. The molecule has 10 heteroatoms. The summed E-state index contributed by atoms with van der Waals surface area (Å²) in [6.45, 7) is 3.82. The lowest BCUT2D eigenvalue weighted by Gasteiger charge is -2.20. The fourth-order valence-corrected chi connectivity index (χ4v) is 4.16. The molecule has 1 saturated heterocycles. The highest BCUT2D eigenvalue weighted by atomic mass is 16.2. The number of hydrogen-bond acceptors (Lipinski definition) is 7. The van der Waals surface area contributed by atoms with Crippen LogP contribution < -0.4 is 16.0 Å². The summed E-state index contributed by atoms with van der Waals surface area (Å²) in [7, 11) is 1.76. The predicted molar refractivity (Wildman–Crippen MR) is 103 cm³/mol. The fourth-order valence-electron chi connectivity index (χ4n) is 4.16. The highest BCUT2D eigenvalue weighted by Crippen LogP contribution is 2.44. The summed E-state index contributed by atoms with van der Waals surface area (Å²) >= 11 is 0. The topological polar surface area (TPSA) is 98.2 Å². The number of imidazole rings is 1. The Morgan fingerprint density at radius 1 is 1.21 bits per heavy atom. The minimum atomic E-state index is -0.0806. The molecule has 2 atom stereocenters. The van der Waals surface area contributed by atoms with Gasteiger partial charge in [-0.05, 0) is 36.8 Å². The molecular formula is C18H19N9O. The van der Waals surface area contributed by atoms with Crippen molar-refractivity contribution >= 4 is 28.4 Å². The Bertz CT molecular complexity index is 1290. The Kier molecular flexibility index (Phi) is 2.96. The van der Waals surface area contributed by atoms with Gasteiger partial charge in [0.25, 0.3) is 0 Å². The molecule has 1 aliphatic heterocycles. The number of aryl methyl sites for hydroxylation is 2. The summed E-state index contributed by atoms with van der Waals surface area (Å²) in [4.78, 5) is 26.1. The van der Waals surface area contributed by atoms with Gasteiger partial charge in [-0.1, -0.05) is 0 Å². The van der Waals surface area contributed by atoms with E-state index < -0.39 is 0 Å². The number of nitrogens with one attached hydrogen (secondary N) is 1. The third kappa shape index (κ3) is 2.17. The van der Waals surface area contributed by atoms with Gasteiger partial charge in [-0.2, -0.15) is 14.8 Å². The van der Waals surface area contributed by atoms with E-state index in [4.69, 9.17) is 0 Å². The van der Waals surface area contributed by atoms with Gasteiger partial charge in [0.15, 0.2) is 11.3 Å². The van der Waals surface area contributed by atoms with E-state index in [9.17, 15) is 4.79 Å². The number of aromatic nitrogens is 7. The number of rotatable bonds is 3. The van der Waals surface area contributed by atoms with Gasteiger partial charge in [-0.15, -0.1) is 0 Å². The van der Waals surface area contributed by atoms with E-state index in [1.165, 1.54) is 12.7 Å². The predicted octanol–water partition coefficient (Wildman–Crippen LogP) is 0.812. The minimum absolute atomic E-state index is 0.0806. The van der Waals surface area contributed by atoms with Crippen molar-refractivity contribution in [3.8, 4) is 0 Å². The molecule has 6 rings (SSSR count). The van der Waals surface area contributed by atoms with Gasteiger partial charge in [0, 0.05) is 20.1 Å². The van der Waals surface area contributed by atoms with E-state index in [0.29, 0.717) is 11.6 Å². The second-order valence-electron chi connectivity index (χ2n) is 7.74. The Balaban J connectivity index is 1.43. The van der Waals surface area contributed by atoms with Gasteiger partial charge < -0.3 is 10.3 Å². The summed E-state index contributed by atoms with van der Waals surface area (Å²) in [5.74, 6) is 1.89. The maximum absolute atomic E-state index is 12.8. The molecule has 1 saturated carbocycles. The lowest BCUT2D eigenvalue weighted by Crippen LogP contribution is -2.41. The van der Waals surface area contributed by atoms with E-state index >= 15 is 0 Å². The number of piperidine rings is 1. The molecule has 0 radical (unpaired) electrons. The maximum atomic E-state index is 12.8. The molecule has 10 nitrogen and oxygen atoms in total. The second-order valence-corrected chi connectivity index (χ2v) is 7.74. The van der Waals surface area contributed by atoms with Crippen LogP contribution in [-0.2, 0) is 7.05 Å². The van der Waals surface area contributed by atoms with Gasteiger partial charge in [0.2, 0.25) is 5.95 Å². The van der Waals surface area contributed by atoms with E-state index in [0.717, 1.165) is 47.3 Å². The smallest absolute Gasteiger partial charge is 0.323 e. The van der Waals surface area contributed by atoms with Crippen LogP contribution in [0.1, 0.15) is 12.0 Å². The second kappa shape index (κ2) is 5.31. The largest absolute Gasteiger partial charge is 0.349 e. The summed E-state index contributed by atoms with van der Waals surface area (Å²) in [6, 6.07) is 1.95. The van der Waals surface area contributed by atoms with Crippen LogP contribution in [0.25, 0.3) is 16.8 Å². The average Bonchev–Trinajstić information content (AvgIpc) is 3.01. The standard InChI is InChI=1S/C18H19N9O/c1-10-3-15-20-9-21-26(15)8-13(10)22-17-19-5-14-16(23-17)27(18(28)24(14)2)25-6-11-4-12(11)7-25/h3,5,8-9,11-12H,4,6-7H2,1-2H3,(H,19,22,23)/t11-,12?/m1/s1. The number of anilines is 2. The van der Waals surface area contributed by atoms with Gasteiger partial charge in [-0.25, -0.2) is 19.3 Å². The quantitative estimate of drug-likeness (QED) is 0.564. The molecule has 2 aliphatic rings. The molecule has 1 unspecified atom stereocenters. The minimum Gasteiger partial charge on any atom is -0.323 e. The number of hydrogen-bond donors (Lipinski definition) is 1. The van der Waals surface area contributed by atoms with Crippen LogP contribution in [0.4, 0.5) is 11.6 Å². The molecule has 5 heterocycles. The number of fused-ring (bicyclic) bond motifs is 3. The Labute approximate surface area is 159 Å². The van der Waals surface area contributed by atoms with Crippen LogP contribution in [0.2, 0.25) is 0 Å². The monoisotopic (exact) mass is 377 g/mol. The van der Waals surface area contributed by atoms with Gasteiger partial charge in [-0.3, -0.25) is 4.57 Å². The highest BCUT2D eigenvalue weighted by Gasteiger charge is 2.46. The zero-order chi connectivity index (χ0) is 19.0. The molecule has 1 aliphatic carbocycles. The van der Waals surface area contributed by atoms with Crippen LogP contribution in [0.5, 0.6) is 0 Å². The summed E-state index contributed by atoms with van der Waals surface area (Å²) in [6.07, 6.45) is 6.35. The summed E-state index contributed by atoms with van der Waals surface area (Å²) in [5.41, 5.74) is 3.90. The van der Waals surface area contributed by atoms with Crippen molar-refractivity contribution in [2.24, 2.45) is 18.9 Å². The summed E-state index contributed by atoms with van der Waals surface area (Å²) in [5, 5.41) is 9.55. The van der Waals surface area contributed by atoms with Crippen LogP contribution in [0.15, 0.2) is 29.6 Å². The first kappa shape index (κ1) is 15.6. The van der Waals surface area contributed by atoms with Gasteiger partial charge in [0.05, 0.1) is 18.1 Å². The van der Waals surface area contributed by atoms with Crippen LogP contribution >= 0.6 is 0 Å². The van der Waals surface area contributed by atoms with Crippen molar-refractivity contribution in [2.75, 3.05) is 23.4 Å². The summed E-state index contributed by atoms with van der Waals surface area (Å²) < 4.78 is 5.01. The SMILES string of the molecule is Cc1cc2ncnn2cc1Nc1ncc2c(n1)n(N1CC3C[C@@H]3C1)c(=O)n2C. The molecule has 0 aromatic carbocycles. The molecule has 1 N–H and O–H groups in total.